The maximum absolute atomic E-state index is 9.79. The van der Waals surface area contributed by atoms with E-state index in [-0.39, 0.29) is 6.10 Å². The number of aryl methyl sites for hydroxylation is 1. The van der Waals surface area contributed by atoms with Gasteiger partial charge in [-0.25, -0.2) is 0 Å². The third-order valence-corrected chi connectivity index (χ3v) is 4.27. The molecule has 0 heterocycles. The molecule has 2 heteroatoms. The van der Waals surface area contributed by atoms with Gasteiger partial charge in [-0.1, -0.05) is 18.9 Å². The molecule has 0 spiro atoms. The van der Waals surface area contributed by atoms with Crippen molar-refractivity contribution in [1.29, 1.82) is 0 Å². The van der Waals surface area contributed by atoms with Crippen molar-refractivity contribution >= 4 is 0 Å². The Kier molecular flexibility index (Phi) is 3.55. The number of ether oxygens (including phenoxy) is 1. The Hall–Kier alpha value is -1.02. The highest BCUT2D eigenvalue weighted by molar-refractivity contribution is 5.39. The number of hydrogen-bond donors (Lipinski definition) is 1. The largest absolute Gasteiger partial charge is 0.490 e. The van der Waals surface area contributed by atoms with Crippen molar-refractivity contribution in [3.63, 3.8) is 0 Å². The minimum atomic E-state index is -0.257. The van der Waals surface area contributed by atoms with Gasteiger partial charge in [0.25, 0.3) is 0 Å². The Bertz CT molecular complexity index is 406. The topological polar surface area (TPSA) is 29.5 Å². The zero-order valence-electron chi connectivity index (χ0n) is 10.9. The lowest BCUT2D eigenvalue weighted by atomic mass is 10.1. The van der Waals surface area contributed by atoms with E-state index < -0.39 is 0 Å². The van der Waals surface area contributed by atoms with Gasteiger partial charge in [0.15, 0.2) is 0 Å². The SMILES string of the molecule is O[C@@H]1CCc2cc(OC3CCCCCC3)ccc21. The van der Waals surface area contributed by atoms with E-state index in [2.05, 4.69) is 6.07 Å². The van der Waals surface area contributed by atoms with Crippen molar-refractivity contribution in [2.24, 2.45) is 0 Å². The third-order valence-electron chi connectivity index (χ3n) is 4.27. The molecule has 98 valence electrons. The molecule has 2 nitrogen and oxygen atoms in total. The number of hydrogen-bond acceptors (Lipinski definition) is 2. The van der Waals surface area contributed by atoms with Crippen LogP contribution in [0.15, 0.2) is 18.2 Å². The maximum Gasteiger partial charge on any atom is 0.120 e. The van der Waals surface area contributed by atoms with Crippen molar-refractivity contribution in [3.05, 3.63) is 29.3 Å². The van der Waals surface area contributed by atoms with Crippen LogP contribution in [0, 0.1) is 0 Å². The second kappa shape index (κ2) is 5.31. The zero-order valence-corrected chi connectivity index (χ0v) is 10.9. The van der Waals surface area contributed by atoms with E-state index >= 15 is 0 Å². The van der Waals surface area contributed by atoms with E-state index in [1.165, 1.54) is 44.1 Å². The minimum Gasteiger partial charge on any atom is -0.490 e. The van der Waals surface area contributed by atoms with Gasteiger partial charge in [-0.15, -0.1) is 0 Å². The van der Waals surface area contributed by atoms with E-state index in [4.69, 9.17) is 4.74 Å². The van der Waals surface area contributed by atoms with Crippen molar-refractivity contribution in [1.82, 2.24) is 0 Å². The van der Waals surface area contributed by atoms with Gasteiger partial charge < -0.3 is 9.84 Å². The van der Waals surface area contributed by atoms with Gasteiger partial charge >= 0.3 is 0 Å². The molecule has 0 bridgehead atoms. The lowest BCUT2D eigenvalue weighted by molar-refractivity contribution is 0.179. The Morgan fingerprint density at radius 3 is 2.56 bits per heavy atom. The molecule has 3 rings (SSSR count). The fourth-order valence-corrected chi connectivity index (χ4v) is 3.20. The van der Waals surface area contributed by atoms with Crippen LogP contribution in [0.1, 0.15) is 62.2 Å². The summed E-state index contributed by atoms with van der Waals surface area (Å²) in [5.41, 5.74) is 2.37. The fraction of sp³-hybridized carbons (Fsp3) is 0.625. The standard InChI is InChI=1S/C16H22O2/c17-16-10-7-12-11-14(8-9-15(12)16)18-13-5-3-1-2-4-6-13/h8-9,11,13,16-17H,1-7,10H2/t16-/m1/s1. The summed E-state index contributed by atoms with van der Waals surface area (Å²) in [6.07, 6.45) is 9.69. The molecule has 18 heavy (non-hydrogen) atoms. The van der Waals surface area contributed by atoms with Crippen LogP contribution >= 0.6 is 0 Å². The summed E-state index contributed by atoms with van der Waals surface area (Å²) < 4.78 is 6.11. The van der Waals surface area contributed by atoms with E-state index in [0.29, 0.717) is 6.10 Å². The number of aliphatic hydroxyl groups is 1. The molecule has 1 N–H and O–H groups in total. The first kappa shape index (κ1) is 12.0. The number of aliphatic hydroxyl groups excluding tert-OH is 1. The van der Waals surface area contributed by atoms with E-state index in [9.17, 15) is 5.11 Å². The molecule has 2 aliphatic rings. The van der Waals surface area contributed by atoms with Crippen LogP contribution in [0.25, 0.3) is 0 Å². The van der Waals surface area contributed by atoms with Gasteiger partial charge in [-0.3, -0.25) is 0 Å². The molecule has 0 aliphatic heterocycles. The molecule has 0 aromatic heterocycles. The van der Waals surface area contributed by atoms with Crippen LogP contribution in [-0.2, 0) is 6.42 Å². The van der Waals surface area contributed by atoms with Gasteiger partial charge in [0, 0.05) is 0 Å². The van der Waals surface area contributed by atoms with Crippen LogP contribution in [0.4, 0.5) is 0 Å². The highest BCUT2D eigenvalue weighted by Gasteiger charge is 2.21. The van der Waals surface area contributed by atoms with Crippen molar-refractivity contribution in [2.45, 2.75) is 63.6 Å². The van der Waals surface area contributed by atoms with Crippen molar-refractivity contribution in [3.8, 4) is 5.75 Å². The summed E-state index contributed by atoms with van der Waals surface area (Å²) in [7, 11) is 0. The number of benzene rings is 1. The van der Waals surface area contributed by atoms with Crippen LogP contribution in [-0.4, -0.2) is 11.2 Å². The van der Waals surface area contributed by atoms with Crippen molar-refractivity contribution < 1.29 is 9.84 Å². The fourth-order valence-electron chi connectivity index (χ4n) is 3.20. The molecule has 1 fully saturated rings. The summed E-state index contributed by atoms with van der Waals surface area (Å²) in [6.45, 7) is 0. The van der Waals surface area contributed by atoms with Crippen LogP contribution in [0.5, 0.6) is 5.75 Å². The first-order valence-electron chi connectivity index (χ1n) is 7.30. The first-order chi connectivity index (χ1) is 8.83. The van der Waals surface area contributed by atoms with Gasteiger partial charge in [0.2, 0.25) is 0 Å². The van der Waals surface area contributed by atoms with E-state index in [0.717, 1.165) is 24.2 Å². The minimum absolute atomic E-state index is 0.257. The quantitative estimate of drug-likeness (QED) is 0.805. The average molecular weight is 246 g/mol. The molecule has 0 unspecified atom stereocenters. The molecule has 1 saturated carbocycles. The zero-order chi connectivity index (χ0) is 12.4. The normalized spacial score (nSPS) is 24.6. The number of rotatable bonds is 2. The van der Waals surface area contributed by atoms with Gasteiger partial charge in [0.05, 0.1) is 12.2 Å². The van der Waals surface area contributed by atoms with Crippen LogP contribution in [0.3, 0.4) is 0 Å². The Labute approximate surface area is 109 Å². The predicted molar refractivity (Wildman–Crippen MR) is 71.8 cm³/mol. The molecule has 1 aromatic carbocycles. The molecule has 0 amide bonds. The smallest absolute Gasteiger partial charge is 0.120 e. The monoisotopic (exact) mass is 246 g/mol. The second-order valence-corrected chi connectivity index (χ2v) is 5.65. The van der Waals surface area contributed by atoms with Gasteiger partial charge in [-0.2, -0.15) is 0 Å². The average Bonchev–Trinajstić information content (AvgIpc) is 2.60. The maximum atomic E-state index is 9.79. The summed E-state index contributed by atoms with van der Waals surface area (Å²) in [5, 5.41) is 9.79. The Balaban J connectivity index is 1.69. The first-order valence-corrected chi connectivity index (χ1v) is 7.30. The third kappa shape index (κ3) is 2.54. The van der Waals surface area contributed by atoms with Crippen molar-refractivity contribution in [2.75, 3.05) is 0 Å². The molecular weight excluding hydrogens is 224 g/mol. The predicted octanol–water partition coefficient (Wildman–Crippen LogP) is 3.77. The summed E-state index contributed by atoms with van der Waals surface area (Å²) in [5.74, 6) is 0.995. The molecular formula is C16H22O2. The summed E-state index contributed by atoms with van der Waals surface area (Å²) in [4.78, 5) is 0. The molecule has 0 saturated heterocycles. The lowest BCUT2D eigenvalue weighted by Crippen LogP contribution is -2.15. The summed E-state index contributed by atoms with van der Waals surface area (Å²) >= 11 is 0. The van der Waals surface area contributed by atoms with Gasteiger partial charge in [-0.05, 0) is 61.8 Å². The summed E-state index contributed by atoms with van der Waals surface area (Å²) in [6, 6.07) is 6.20. The highest BCUT2D eigenvalue weighted by atomic mass is 16.5. The Morgan fingerprint density at radius 1 is 1.00 bits per heavy atom. The Morgan fingerprint density at radius 2 is 1.78 bits per heavy atom. The highest BCUT2D eigenvalue weighted by Crippen LogP contribution is 2.34. The molecule has 1 atom stereocenters. The second-order valence-electron chi connectivity index (χ2n) is 5.65. The lowest BCUT2D eigenvalue weighted by Gasteiger charge is -2.17. The van der Waals surface area contributed by atoms with E-state index in [1.54, 1.807) is 0 Å². The van der Waals surface area contributed by atoms with E-state index in [1.807, 2.05) is 12.1 Å². The van der Waals surface area contributed by atoms with Crippen LogP contribution < -0.4 is 4.74 Å². The molecule has 1 aromatic rings. The molecule has 2 aliphatic carbocycles. The molecule has 0 radical (unpaired) electrons. The number of fused-ring (bicyclic) bond motifs is 1. The van der Waals surface area contributed by atoms with Gasteiger partial charge in [0.1, 0.15) is 5.75 Å². The van der Waals surface area contributed by atoms with Crippen LogP contribution in [0.2, 0.25) is 0 Å².